The third-order valence-corrected chi connectivity index (χ3v) is 4.56. The third kappa shape index (κ3) is 3.39. The zero-order valence-electron chi connectivity index (χ0n) is 11.8. The average molecular weight is 268 g/mol. The molecule has 5 heteroatoms. The topological polar surface area (TPSA) is 69.6 Å². The predicted octanol–water partition coefficient (Wildman–Crippen LogP) is 1.78. The lowest BCUT2D eigenvalue weighted by molar-refractivity contribution is -0.142. The van der Waals surface area contributed by atoms with E-state index in [1.54, 1.807) is 4.90 Å². The molecule has 0 spiro atoms. The summed E-state index contributed by atoms with van der Waals surface area (Å²) in [5.74, 6) is 0.179. The number of carboxylic acid groups (broad SMARTS) is 1. The monoisotopic (exact) mass is 268 g/mol. The molecular formula is C14H24N2O3. The molecule has 0 aromatic carbocycles. The van der Waals surface area contributed by atoms with Crippen LogP contribution in [0.4, 0.5) is 4.79 Å². The number of hydrogen-bond donors (Lipinski definition) is 2. The van der Waals surface area contributed by atoms with E-state index in [4.69, 9.17) is 5.11 Å². The number of rotatable bonds is 3. The molecule has 2 aliphatic rings. The Bertz CT molecular complexity index is 359. The highest BCUT2D eigenvalue weighted by molar-refractivity contribution is 5.77. The maximum atomic E-state index is 12.0. The summed E-state index contributed by atoms with van der Waals surface area (Å²) >= 11 is 0. The van der Waals surface area contributed by atoms with Gasteiger partial charge in [0.2, 0.25) is 0 Å². The van der Waals surface area contributed by atoms with Crippen molar-refractivity contribution in [2.75, 3.05) is 19.6 Å². The first-order valence-corrected chi connectivity index (χ1v) is 7.23. The zero-order chi connectivity index (χ0) is 14.0. The maximum Gasteiger partial charge on any atom is 0.317 e. The Morgan fingerprint density at radius 3 is 2.53 bits per heavy atom. The molecule has 2 fully saturated rings. The van der Waals surface area contributed by atoms with Gasteiger partial charge in [-0.1, -0.05) is 20.3 Å². The highest BCUT2D eigenvalue weighted by Crippen LogP contribution is 2.29. The van der Waals surface area contributed by atoms with Crippen LogP contribution in [0.2, 0.25) is 0 Å². The van der Waals surface area contributed by atoms with E-state index in [0.29, 0.717) is 19.0 Å². The summed E-state index contributed by atoms with van der Waals surface area (Å²) in [6.45, 7) is 5.76. The molecule has 2 amide bonds. The molecule has 1 saturated heterocycles. The van der Waals surface area contributed by atoms with Crippen LogP contribution in [0.5, 0.6) is 0 Å². The van der Waals surface area contributed by atoms with Gasteiger partial charge in [0.1, 0.15) is 0 Å². The van der Waals surface area contributed by atoms with Crippen LogP contribution in [0.1, 0.15) is 33.1 Å². The summed E-state index contributed by atoms with van der Waals surface area (Å²) in [6.07, 6.45) is 3.63. The van der Waals surface area contributed by atoms with Crippen molar-refractivity contribution in [2.45, 2.75) is 33.1 Å². The Labute approximate surface area is 114 Å². The third-order valence-electron chi connectivity index (χ3n) is 4.56. The number of urea groups is 1. The van der Waals surface area contributed by atoms with Gasteiger partial charge in [0.05, 0.1) is 5.92 Å². The van der Waals surface area contributed by atoms with Crippen LogP contribution in [0.15, 0.2) is 0 Å². The van der Waals surface area contributed by atoms with E-state index in [2.05, 4.69) is 12.2 Å². The van der Waals surface area contributed by atoms with Gasteiger partial charge < -0.3 is 15.3 Å². The fourth-order valence-electron chi connectivity index (χ4n) is 3.31. The molecule has 1 saturated carbocycles. The summed E-state index contributed by atoms with van der Waals surface area (Å²) in [5.41, 5.74) is 0. The van der Waals surface area contributed by atoms with Crippen molar-refractivity contribution in [3.8, 4) is 0 Å². The van der Waals surface area contributed by atoms with Crippen LogP contribution in [-0.2, 0) is 4.79 Å². The molecule has 0 aromatic rings. The fourth-order valence-corrected chi connectivity index (χ4v) is 3.31. The van der Waals surface area contributed by atoms with Gasteiger partial charge in [-0.05, 0) is 30.6 Å². The number of nitrogens with zero attached hydrogens (tertiary/aromatic N) is 1. The van der Waals surface area contributed by atoms with Crippen LogP contribution >= 0.6 is 0 Å². The first-order valence-electron chi connectivity index (χ1n) is 7.23. The minimum Gasteiger partial charge on any atom is -0.481 e. The van der Waals surface area contributed by atoms with E-state index in [0.717, 1.165) is 12.5 Å². The van der Waals surface area contributed by atoms with Crippen molar-refractivity contribution in [3.63, 3.8) is 0 Å². The van der Waals surface area contributed by atoms with E-state index in [1.807, 2.05) is 6.92 Å². The molecule has 0 radical (unpaired) electrons. The van der Waals surface area contributed by atoms with Crippen molar-refractivity contribution in [2.24, 2.45) is 23.7 Å². The maximum absolute atomic E-state index is 12.0. The molecule has 5 nitrogen and oxygen atoms in total. The number of carbonyl (C=O) groups excluding carboxylic acids is 1. The molecule has 4 atom stereocenters. The molecule has 2 unspecified atom stereocenters. The molecule has 2 rings (SSSR count). The van der Waals surface area contributed by atoms with Gasteiger partial charge in [0, 0.05) is 19.6 Å². The number of carboxylic acids is 1. The van der Waals surface area contributed by atoms with E-state index in [1.165, 1.54) is 19.3 Å². The lowest BCUT2D eigenvalue weighted by atomic mass is 9.99. The molecule has 1 aliphatic heterocycles. The van der Waals surface area contributed by atoms with Gasteiger partial charge in [0.15, 0.2) is 0 Å². The molecule has 1 aliphatic carbocycles. The number of nitrogens with one attached hydrogen (secondary N) is 1. The van der Waals surface area contributed by atoms with Crippen LogP contribution in [0.25, 0.3) is 0 Å². The first kappa shape index (κ1) is 14.2. The Morgan fingerprint density at radius 2 is 2.00 bits per heavy atom. The highest BCUT2D eigenvalue weighted by Gasteiger charge is 2.37. The summed E-state index contributed by atoms with van der Waals surface area (Å²) in [5, 5.41) is 12.0. The Hall–Kier alpha value is -1.26. The molecule has 0 aromatic heterocycles. The van der Waals surface area contributed by atoms with Crippen LogP contribution in [0.3, 0.4) is 0 Å². The van der Waals surface area contributed by atoms with Crippen molar-refractivity contribution >= 4 is 12.0 Å². The van der Waals surface area contributed by atoms with Crippen LogP contribution in [0, 0.1) is 23.7 Å². The lowest BCUT2D eigenvalue weighted by Crippen LogP contribution is -2.40. The largest absolute Gasteiger partial charge is 0.481 e. The van der Waals surface area contributed by atoms with Gasteiger partial charge in [-0.3, -0.25) is 4.79 Å². The smallest absolute Gasteiger partial charge is 0.317 e. The molecule has 1 heterocycles. The van der Waals surface area contributed by atoms with Crippen molar-refractivity contribution in [3.05, 3.63) is 0 Å². The van der Waals surface area contributed by atoms with Crippen molar-refractivity contribution in [1.82, 2.24) is 10.2 Å². The Morgan fingerprint density at radius 1 is 1.26 bits per heavy atom. The summed E-state index contributed by atoms with van der Waals surface area (Å²) in [7, 11) is 0. The molecule has 2 N–H and O–H groups in total. The minimum atomic E-state index is -0.799. The Kier molecular flexibility index (Phi) is 4.32. The lowest BCUT2D eigenvalue weighted by Gasteiger charge is -2.18. The van der Waals surface area contributed by atoms with Gasteiger partial charge in [-0.25, -0.2) is 4.79 Å². The summed E-state index contributed by atoms with van der Waals surface area (Å²) in [4.78, 5) is 24.7. The van der Waals surface area contributed by atoms with E-state index < -0.39 is 11.9 Å². The second-order valence-corrected chi connectivity index (χ2v) is 6.30. The van der Waals surface area contributed by atoms with E-state index in [9.17, 15) is 9.59 Å². The van der Waals surface area contributed by atoms with Gasteiger partial charge >= 0.3 is 12.0 Å². The predicted molar refractivity (Wildman–Crippen MR) is 71.8 cm³/mol. The molecule has 0 bridgehead atoms. The van der Waals surface area contributed by atoms with Gasteiger partial charge in [0.25, 0.3) is 0 Å². The quantitative estimate of drug-likeness (QED) is 0.819. The average Bonchev–Trinajstić information content (AvgIpc) is 2.92. The molecular weight excluding hydrogens is 244 g/mol. The number of amides is 2. The van der Waals surface area contributed by atoms with Gasteiger partial charge in [-0.2, -0.15) is 0 Å². The SMILES string of the molecule is CC1CCC(CNC(=O)N2C[C@@H](C)[C@H](C(=O)O)C2)C1. The van der Waals surface area contributed by atoms with E-state index >= 15 is 0 Å². The number of likely N-dealkylation sites (tertiary alicyclic amines) is 1. The second-order valence-electron chi connectivity index (χ2n) is 6.30. The molecule has 108 valence electrons. The number of hydrogen-bond acceptors (Lipinski definition) is 2. The molecule has 19 heavy (non-hydrogen) atoms. The number of carbonyl (C=O) groups is 2. The van der Waals surface area contributed by atoms with E-state index in [-0.39, 0.29) is 11.9 Å². The number of aliphatic carboxylic acids is 1. The van der Waals surface area contributed by atoms with Crippen LogP contribution < -0.4 is 5.32 Å². The van der Waals surface area contributed by atoms with Crippen molar-refractivity contribution in [1.29, 1.82) is 0 Å². The first-order chi connectivity index (χ1) is 8.97. The minimum absolute atomic E-state index is 0.0368. The highest BCUT2D eigenvalue weighted by atomic mass is 16.4. The fraction of sp³-hybridized carbons (Fsp3) is 0.857. The summed E-state index contributed by atoms with van der Waals surface area (Å²) in [6, 6.07) is -0.102. The van der Waals surface area contributed by atoms with Gasteiger partial charge in [-0.15, -0.1) is 0 Å². The Balaban J connectivity index is 1.76. The second kappa shape index (κ2) is 5.80. The van der Waals surface area contributed by atoms with Crippen molar-refractivity contribution < 1.29 is 14.7 Å². The summed E-state index contributed by atoms with van der Waals surface area (Å²) < 4.78 is 0. The van der Waals surface area contributed by atoms with Crippen LogP contribution in [-0.4, -0.2) is 41.6 Å². The normalized spacial score (nSPS) is 34.5. The zero-order valence-corrected chi connectivity index (χ0v) is 11.8. The standard InChI is InChI=1S/C14H24N2O3/c1-9-3-4-11(5-9)6-15-14(19)16-7-10(2)12(8-16)13(17)18/h9-12H,3-8H2,1-2H3,(H,15,19)(H,17,18)/t9?,10-,11?,12-/m1/s1.